The second kappa shape index (κ2) is 6.19. The highest BCUT2D eigenvalue weighted by atomic mass is 16.5. The van der Waals surface area contributed by atoms with E-state index < -0.39 is 6.04 Å². The van der Waals surface area contributed by atoms with Gasteiger partial charge in [0.25, 0.3) is 0 Å². The molecular formula is C11H17N3O2. The van der Waals surface area contributed by atoms with E-state index in [1.54, 1.807) is 13.2 Å². The van der Waals surface area contributed by atoms with Gasteiger partial charge in [-0.25, -0.2) is 4.98 Å². The molecule has 3 N–H and O–H groups in total. The van der Waals surface area contributed by atoms with Gasteiger partial charge in [0.15, 0.2) is 0 Å². The van der Waals surface area contributed by atoms with Crippen molar-refractivity contribution in [1.82, 2.24) is 4.98 Å². The number of rotatable bonds is 5. The van der Waals surface area contributed by atoms with Crippen LogP contribution in [0.3, 0.4) is 0 Å². The van der Waals surface area contributed by atoms with Gasteiger partial charge in [0.2, 0.25) is 5.91 Å². The summed E-state index contributed by atoms with van der Waals surface area (Å²) >= 11 is 0. The maximum atomic E-state index is 11.6. The van der Waals surface area contributed by atoms with Crippen molar-refractivity contribution in [3.63, 3.8) is 0 Å². The standard InChI is InChI=1S/C11H17N3O2/c1-8-4-3-5-10(13-8)14-11(15)9(12)6-7-16-2/h3-5,9H,6-7,12H2,1-2H3,(H,13,14,15). The number of anilines is 1. The predicted octanol–water partition coefficient (Wildman–Crippen LogP) is 0.692. The molecule has 0 aliphatic carbocycles. The zero-order valence-electron chi connectivity index (χ0n) is 9.56. The number of methoxy groups -OCH3 is 1. The molecule has 1 unspecified atom stereocenters. The van der Waals surface area contributed by atoms with E-state index in [1.165, 1.54) is 0 Å². The monoisotopic (exact) mass is 223 g/mol. The number of carbonyl (C=O) groups excluding carboxylic acids is 1. The molecule has 5 nitrogen and oxygen atoms in total. The Hall–Kier alpha value is -1.46. The lowest BCUT2D eigenvalue weighted by molar-refractivity contribution is -0.117. The molecule has 0 fully saturated rings. The molecule has 1 heterocycles. The van der Waals surface area contributed by atoms with Gasteiger partial charge in [0.05, 0.1) is 6.04 Å². The van der Waals surface area contributed by atoms with Crippen LogP contribution in [0.4, 0.5) is 5.82 Å². The SMILES string of the molecule is COCCC(N)C(=O)Nc1cccc(C)n1. The maximum absolute atomic E-state index is 11.6. The Labute approximate surface area is 95.0 Å². The average molecular weight is 223 g/mol. The first kappa shape index (κ1) is 12.6. The molecular weight excluding hydrogens is 206 g/mol. The number of pyridine rings is 1. The van der Waals surface area contributed by atoms with Crippen molar-refractivity contribution in [3.8, 4) is 0 Å². The van der Waals surface area contributed by atoms with Crippen molar-refractivity contribution < 1.29 is 9.53 Å². The number of aryl methyl sites for hydroxylation is 1. The minimum Gasteiger partial charge on any atom is -0.385 e. The maximum Gasteiger partial charge on any atom is 0.242 e. The number of hydrogen-bond acceptors (Lipinski definition) is 4. The average Bonchev–Trinajstić information content (AvgIpc) is 2.25. The summed E-state index contributed by atoms with van der Waals surface area (Å²) in [7, 11) is 1.58. The Morgan fingerprint density at radius 3 is 3.00 bits per heavy atom. The fourth-order valence-corrected chi connectivity index (χ4v) is 1.21. The third-order valence-electron chi connectivity index (χ3n) is 2.11. The van der Waals surface area contributed by atoms with E-state index in [2.05, 4.69) is 10.3 Å². The molecule has 88 valence electrons. The molecule has 1 atom stereocenters. The molecule has 1 rings (SSSR count). The summed E-state index contributed by atoms with van der Waals surface area (Å²) in [6.07, 6.45) is 0.494. The van der Waals surface area contributed by atoms with Crippen molar-refractivity contribution in [2.75, 3.05) is 19.0 Å². The van der Waals surface area contributed by atoms with E-state index in [0.717, 1.165) is 5.69 Å². The van der Waals surface area contributed by atoms with Gasteiger partial charge in [-0.3, -0.25) is 4.79 Å². The van der Waals surface area contributed by atoms with Gasteiger partial charge in [0.1, 0.15) is 5.82 Å². The fraction of sp³-hybridized carbons (Fsp3) is 0.455. The molecule has 1 aromatic heterocycles. The van der Waals surface area contributed by atoms with Crippen LogP contribution in [0, 0.1) is 6.92 Å². The zero-order valence-corrected chi connectivity index (χ0v) is 9.56. The molecule has 16 heavy (non-hydrogen) atoms. The number of ether oxygens (including phenoxy) is 1. The number of nitrogens with one attached hydrogen (secondary N) is 1. The summed E-state index contributed by atoms with van der Waals surface area (Å²) in [4.78, 5) is 15.8. The van der Waals surface area contributed by atoms with E-state index >= 15 is 0 Å². The molecule has 0 saturated heterocycles. The highest BCUT2D eigenvalue weighted by Crippen LogP contribution is 2.04. The molecule has 0 aliphatic heterocycles. The molecule has 5 heteroatoms. The summed E-state index contributed by atoms with van der Waals surface area (Å²) in [5.41, 5.74) is 6.52. The van der Waals surface area contributed by atoms with Crippen molar-refractivity contribution >= 4 is 11.7 Å². The Morgan fingerprint density at radius 1 is 1.62 bits per heavy atom. The van der Waals surface area contributed by atoms with Crippen LogP contribution in [0.2, 0.25) is 0 Å². The van der Waals surface area contributed by atoms with Crippen LogP contribution in [0.25, 0.3) is 0 Å². The molecule has 0 aromatic carbocycles. The van der Waals surface area contributed by atoms with Crippen LogP contribution in [0.1, 0.15) is 12.1 Å². The van der Waals surface area contributed by atoms with Crippen LogP contribution in [-0.4, -0.2) is 30.6 Å². The van der Waals surface area contributed by atoms with Crippen LogP contribution < -0.4 is 11.1 Å². The molecule has 0 bridgehead atoms. The van der Waals surface area contributed by atoms with Crippen molar-refractivity contribution in [1.29, 1.82) is 0 Å². The van der Waals surface area contributed by atoms with E-state index in [-0.39, 0.29) is 5.91 Å². The lowest BCUT2D eigenvalue weighted by atomic mass is 10.2. The first-order chi connectivity index (χ1) is 7.63. The lowest BCUT2D eigenvalue weighted by Crippen LogP contribution is -2.36. The Balaban J connectivity index is 2.50. The van der Waals surface area contributed by atoms with E-state index in [4.69, 9.17) is 10.5 Å². The molecule has 1 amide bonds. The lowest BCUT2D eigenvalue weighted by Gasteiger charge is -2.11. The van der Waals surface area contributed by atoms with Gasteiger partial charge < -0.3 is 15.8 Å². The first-order valence-corrected chi connectivity index (χ1v) is 5.12. The van der Waals surface area contributed by atoms with Gasteiger partial charge in [-0.05, 0) is 25.5 Å². The zero-order chi connectivity index (χ0) is 12.0. The van der Waals surface area contributed by atoms with Gasteiger partial charge in [-0.15, -0.1) is 0 Å². The fourth-order valence-electron chi connectivity index (χ4n) is 1.21. The Kier molecular flexibility index (Phi) is 4.88. The smallest absolute Gasteiger partial charge is 0.242 e. The molecule has 1 aromatic rings. The first-order valence-electron chi connectivity index (χ1n) is 5.12. The van der Waals surface area contributed by atoms with Crippen LogP contribution >= 0.6 is 0 Å². The van der Waals surface area contributed by atoms with E-state index in [0.29, 0.717) is 18.8 Å². The molecule has 0 spiro atoms. The Morgan fingerprint density at radius 2 is 2.38 bits per heavy atom. The second-order valence-corrected chi connectivity index (χ2v) is 3.54. The largest absolute Gasteiger partial charge is 0.385 e. The van der Waals surface area contributed by atoms with Crippen molar-refractivity contribution in [2.45, 2.75) is 19.4 Å². The quantitative estimate of drug-likeness (QED) is 0.770. The predicted molar refractivity (Wildman–Crippen MR) is 62.1 cm³/mol. The van der Waals surface area contributed by atoms with Crippen LogP contribution in [-0.2, 0) is 9.53 Å². The minimum atomic E-state index is -0.567. The van der Waals surface area contributed by atoms with Crippen molar-refractivity contribution in [2.24, 2.45) is 5.73 Å². The third kappa shape index (κ3) is 3.96. The number of hydrogen-bond donors (Lipinski definition) is 2. The highest BCUT2D eigenvalue weighted by molar-refractivity contribution is 5.93. The second-order valence-electron chi connectivity index (χ2n) is 3.54. The number of aromatic nitrogens is 1. The third-order valence-corrected chi connectivity index (χ3v) is 2.11. The van der Waals surface area contributed by atoms with Gasteiger partial charge in [-0.1, -0.05) is 6.07 Å². The summed E-state index contributed by atoms with van der Waals surface area (Å²) in [5, 5.41) is 2.66. The molecule has 0 radical (unpaired) electrons. The van der Waals surface area contributed by atoms with Crippen molar-refractivity contribution in [3.05, 3.63) is 23.9 Å². The number of carbonyl (C=O) groups is 1. The number of nitrogens with two attached hydrogens (primary N) is 1. The van der Waals surface area contributed by atoms with E-state index in [1.807, 2.05) is 19.1 Å². The number of amides is 1. The summed E-state index contributed by atoms with van der Waals surface area (Å²) in [6.45, 7) is 2.33. The Bertz CT molecular complexity index is 355. The van der Waals surface area contributed by atoms with Crippen LogP contribution in [0.15, 0.2) is 18.2 Å². The normalized spacial score (nSPS) is 12.2. The van der Waals surface area contributed by atoms with E-state index in [9.17, 15) is 4.79 Å². The highest BCUT2D eigenvalue weighted by Gasteiger charge is 2.13. The topological polar surface area (TPSA) is 77.2 Å². The summed E-state index contributed by atoms with van der Waals surface area (Å²) in [6, 6.07) is 4.86. The summed E-state index contributed by atoms with van der Waals surface area (Å²) in [5.74, 6) is 0.285. The summed E-state index contributed by atoms with van der Waals surface area (Å²) < 4.78 is 4.86. The minimum absolute atomic E-state index is 0.241. The van der Waals surface area contributed by atoms with Gasteiger partial charge in [0, 0.05) is 19.4 Å². The van der Waals surface area contributed by atoms with Gasteiger partial charge in [-0.2, -0.15) is 0 Å². The molecule has 0 saturated carbocycles. The van der Waals surface area contributed by atoms with Gasteiger partial charge >= 0.3 is 0 Å². The number of nitrogens with zero attached hydrogens (tertiary/aromatic N) is 1. The van der Waals surface area contributed by atoms with Crippen LogP contribution in [0.5, 0.6) is 0 Å². The molecule has 0 aliphatic rings.